The van der Waals surface area contributed by atoms with E-state index < -0.39 is 0 Å². The van der Waals surface area contributed by atoms with Crippen LogP contribution in [0.25, 0.3) is 0 Å². The van der Waals surface area contributed by atoms with Crippen molar-refractivity contribution >= 4 is 22.9 Å². The molecule has 0 spiro atoms. The first-order valence-electron chi connectivity index (χ1n) is 5.09. The van der Waals surface area contributed by atoms with Gasteiger partial charge in [0.25, 0.3) is 0 Å². The summed E-state index contributed by atoms with van der Waals surface area (Å²) in [5.41, 5.74) is 0. The van der Waals surface area contributed by atoms with Gasteiger partial charge < -0.3 is 4.74 Å². The molecule has 0 saturated carbocycles. The Labute approximate surface area is 98.2 Å². The Morgan fingerprint density at radius 2 is 2.47 bits per heavy atom. The molecule has 0 aromatic carbocycles. The molecule has 2 heterocycles. The summed E-state index contributed by atoms with van der Waals surface area (Å²) in [7, 11) is 0. The minimum absolute atomic E-state index is 0.501. The van der Waals surface area contributed by atoms with Crippen molar-refractivity contribution in [1.82, 2.24) is 15.1 Å². The van der Waals surface area contributed by atoms with E-state index in [1.807, 2.05) is 0 Å². The highest BCUT2D eigenvalue weighted by Gasteiger charge is 2.22. The van der Waals surface area contributed by atoms with E-state index in [1.54, 1.807) is 0 Å². The summed E-state index contributed by atoms with van der Waals surface area (Å²) in [5, 5.41) is 8.83. The van der Waals surface area contributed by atoms with Crippen molar-refractivity contribution in [3.8, 4) is 0 Å². The Balaban J connectivity index is 1.97. The molecule has 1 aromatic heterocycles. The summed E-state index contributed by atoms with van der Waals surface area (Å²) in [6.07, 6.45) is 1.10. The van der Waals surface area contributed by atoms with Gasteiger partial charge in [0.15, 0.2) is 0 Å². The Morgan fingerprint density at radius 1 is 1.60 bits per heavy atom. The van der Waals surface area contributed by atoms with Crippen LogP contribution < -0.4 is 0 Å². The number of nitrogens with zero attached hydrogens (tertiary/aromatic N) is 3. The summed E-state index contributed by atoms with van der Waals surface area (Å²) in [6.45, 7) is 5.62. The van der Waals surface area contributed by atoms with E-state index in [2.05, 4.69) is 22.0 Å². The lowest BCUT2D eigenvalue weighted by Crippen LogP contribution is -2.44. The molecule has 15 heavy (non-hydrogen) atoms. The van der Waals surface area contributed by atoms with Gasteiger partial charge in [-0.05, 0) is 18.0 Å². The predicted molar refractivity (Wildman–Crippen MR) is 60.2 cm³/mol. The maximum Gasteiger partial charge on any atom is 0.207 e. The molecule has 1 saturated heterocycles. The number of rotatable bonds is 3. The van der Waals surface area contributed by atoms with Crippen LogP contribution in [0, 0.1) is 0 Å². The molecule has 0 aliphatic carbocycles. The van der Waals surface area contributed by atoms with Gasteiger partial charge in [-0.25, -0.2) is 0 Å². The smallest absolute Gasteiger partial charge is 0.207 e. The second-order valence-corrected chi connectivity index (χ2v) is 5.20. The zero-order chi connectivity index (χ0) is 10.7. The lowest BCUT2D eigenvalue weighted by atomic mass is 10.2. The first-order valence-corrected chi connectivity index (χ1v) is 6.28. The van der Waals surface area contributed by atoms with Crippen molar-refractivity contribution < 1.29 is 4.74 Å². The van der Waals surface area contributed by atoms with Crippen LogP contribution in [0.1, 0.15) is 18.4 Å². The van der Waals surface area contributed by atoms with Crippen molar-refractivity contribution in [3.63, 3.8) is 0 Å². The molecule has 6 heteroatoms. The lowest BCUT2D eigenvalue weighted by Gasteiger charge is -2.34. The largest absolute Gasteiger partial charge is 0.378 e. The highest BCUT2D eigenvalue weighted by molar-refractivity contribution is 7.15. The minimum atomic E-state index is 0.501. The Hall–Kier alpha value is -0.230. The summed E-state index contributed by atoms with van der Waals surface area (Å²) < 4.78 is 5.97. The molecule has 1 fully saturated rings. The number of aromatic nitrogens is 2. The van der Waals surface area contributed by atoms with Crippen molar-refractivity contribution in [3.05, 3.63) is 9.47 Å². The summed E-state index contributed by atoms with van der Waals surface area (Å²) in [6, 6.07) is 0.501. The van der Waals surface area contributed by atoms with E-state index in [9.17, 15) is 0 Å². The molecule has 1 aliphatic heterocycles. The zero-order valence-corrected chi connectivity index (χ0v) is 10.2. The third-order valence-electron chi connectivity index (χ3n) is 2.60. The zero-order valence-electron chi connectivity index (χ0n) is 8.65. The third-order valence-corrected chi connectivity index (χ3v) is 3.60. The van der Waals surface area contributed by atoms with Gasteiger partial charge >= 0.3 is 0 Å². The normalized spacial score (nSPS) is 23.2. The van der Waals surface area contributed by atoms with E-state index in [0.29, 0.717) is 10.5 Å². The van der Waals surface area contributed by atoms with Crippen LogP contribution in [0.4, 0.5) is 0 Å². The molecule has 0 N–H and O–H groups in total. The summed E-state index contributed by atoms with van der Waals surface area (Å²) >= 11 is 7.20. The molecule has 1 atom stereocenters. The summed E-state index contributed by atoms with van der Waals surface area (Å²) in [5.74, 6) is 0. The standard InChI is InChI=1S/C9H14ClN3OS/c1-2-7-6-14-4-3-13(7)5-8-11-12-9(10)15-8/h7H,2-6H2,1H3. The molecular formula is C9H14ClN3OS. The van der Waals surface area contributed by atoms with Crippen LogP contribution in [0.15, 0.2) is 0 Å². The highest BCUT2D eigenvalue weighted by atomic mass is 35.5. The van der Waals surface area contributed by atoms with E-state index in [0.717, 1.165) is 37.7 Å². The van der Waals surface area contributed by atoms with Gasteiger partial charge in [0, 0.05) is 12.6 Å². The van der Waals surface area contributed by atoms with Crippen LogP contribution in [0.5, 0.6) is 0 Å². The lowest BCUT2D eigenvalue weighted by molar-refractivity contribution is -0.0128. The van der Waals surface area contributed by atoms with Crippen molar-refractivity contribution in [2.45, 2.75) is 25.9 Å². The first kappa shape index (κ1) is 11.3. The average molecular weight is 248 g/mol. The molecule has 0 bridgehead atoms. The van der Waals surface area contributed by atoms with Crippen LogP contribution in [0.3, 0.4) is 0 Å². The molecule has 1 unspecified atom stereocenters. The van der Waals surface area contributed by atoms with E-state index in [4.69, 9.17) is 16.3 Å². The van der Waals surface area contributed by atoms with Crippen molar-refractivity contribution in [2.75, 3.05) is 19.8 Å². The number of halogens is 1. The van der Waals surface area contributed by atoms with Crippen molar-refractivity contribution in [1.29, 1.82) is 0 Å². The number of hydrogen-bond acceptors (Lipinski definition) is 5. The molecular weight excluding hydrogens is 234 g/mol. The predicted octanol–water partition coefficient (Wildman–Crippen LogP) is 1.80. The second kappa shape index (κ2) is 5.21. The number of morpholine rings is 1. The van der Waals surface area contributed by atoms with Crippen molar-refractivity contribution in [2.24, 2.45) is 0 Å². The average Bonchev–Trinajstić information content (AvgIpc) is 2.65. The molecule has 2 rings (SSSR count). The van der Waals surface area contributed by atoms with E-state index in [1.165, 1.54) is 11.3 Å². The van der Waals surface area contributed by atoms with Crippen LogP contribution in [-0.4, -0.2) is 40.9 Å². The van der Waals surface area contributed by atoms with Gasteiger partial charge in [0.05, 0.1) is 19.8 Å². The van der Waals surface area contributed by atoms with Gasteiger partial charge in [0.2, 0.25) is 4.47 Å². The molecule has 84 valence electrons. The molecule has 1 aromatic rings. The van der Waals surface area contributed by atoms with Gasteiger partial charge in [0.1, 0.15) is 5.01 Å². The molecule has 0 amide bonds. The SMILES string of the molecule is CCC1COCCN1Cc1nnc(Cl)s1. The first-order chi connectivity index (χ1) is 7.29. The Morgan fingerprint density at radius 3 is 3.13 bits per heavy atom. The molecule has 0 radical (unpaired) electrons. The van der Waals surface area contributed by atoms with Gasteiger partial charge in [-0.1, -0.05) is 18.3 Å². The quantitative estimate of drug-likeness (QED) is 0.817. The van der Waals surface area contributed by atoms with Gasteiger partial charge in [-0.2, -0.15) is 0 Å². The third kappa shape index (κ3) is 2.87. The van der Waals surface area contributed by atoms with Gasteiger partial charge in [-0.3, -0.25) is 4.90 Å². The monoisotopic (exact) mass is 247 g/mol. The maximum absolute atomic E-state index is 5.75. The minimum Gasteiger partial charge on any atom is -0.378 e. The van der Waals surface area contributed by atoms with Crippen LogP contribution >= 0.6 is 22.9 Å². The fraction of sp³-hybridized carbons (Fsp3) is 0.778. The topological polar surface area (TPSA) is 38.2 Å². The maximum atomic E-state index is 5.75. The number of hydrogen-bond donors (Lipinski definition) is 0. The highest BCUT2D eigenvalue weighted by Crippen LogP contribution is 2.19. The number of ether oxygens (including phenoxy) is 1. The van der Waals surface area contributed by atoms with E-state index in [-0.39, 0.29) is 0 Å². The van der Waals surface area contributed by atoms with E-state index >= 15 is 0 Å². The Kier molecular flexibility index (Phi) is 3.91. The molecule has 1 aliphatic rings. The fourth-order valence-electron chi connectivity index (χ4n) is 1.74. The van der Waals surface area contributed by atoms with Gasteiger partial charge in [-0.15, -0.1) is 10.2 Å². The summed E-state index contributed by atoms with van der Waals surface area (Å²) in [4.78, 5) is 2.39. The molecule has 4 nitrogen and oxygen atoms in total. The Bertz CT molecular complexity index is 320. The van der Waals surface area contributed by atoms with Crippen LogP contribution in [-0.2, 0) is 11.3 Å². The fourth-order valence-corrected chi connectivity index (χ4v) is 2.64. The second-order valence-electron chi connectivity index (χ2n) is 3.56. The van der Waals surface area contributed by atoms with Crippen LogP contribution in [0.2, 0.25) is 4.47 Å².